The maximum atomic E-state index is 12.9. The number of pyridine rings is 1. The van der Waals surface area contributed by atoms with Crippen LogP contribution in [0.5, 0.6) is 0 Å². The van der Waals surface area contributed by atoms with Crippen molar-refractivity contribution in [2.24, 2.45) is 5.92 Å². The van der Waals surface area contributed by atoms with E-state index in [1.54, 1.807) is 12.3 Å². The first-order valence-corrected chi connectivity index (χ1v) is 10.6. The van der Waals surface area contributed by atoms with Crippen LogP contribution in [0.25, 0.3) is 0 Å². The number of sulfone groups is 1. The first-order valence-electron chi connectivity index (χ1n) is 8.67. The third-order valence-corrected chi connectivity index (χ3v) is 5.49. The van der Waals surface area contributed by atoms with E-state index in [4.69, 9.17) is 0 Å². The predicted molar refractivity (Wildman–Crippen MR) is 96.3 cm³/mol. The molecule has 1 unspecified atom stereocenters. The fourth-order valence-electron chi connectivity index (χ4n) is 3.23. The molecule has 1 aliphatic rings. The number of aryl methyl sites for hydroxylation is 1. The molecule has 2 aromatic rings. The van der Waals surface area contributed by atoms with Crippen LogP contribution in [0, 0.1) is 12.8 Å². The van der Waals surface area contributed by atoms with E-state index < -0.39 is 15.9 Å². The van der Waals surface area contributed by atoms with E-state index in [-0.39, 0.29) is 11.1 Å². The summed E-state index contributed by atoms with van der Waals surface area (Å²) in [5.41, 5.74) is 1.000. The van der Waals surface area contributed by atoms with Crippen molar-refractivity contribution in [1.29, 1.82) is 0 Å². The molecule has 1 aliphatic carbocycles. The molecule has 0 aliphatic heterocycles. The standard InChI is InChI=1S/C17H23N5O3S/c1-12-7-8-15(18-10-12)20-16(23)14(9-13-5-3-4-6-13)22-11-19-17(21-22)26(2,24)25/h7-8,10-11,13-14H,3-6,9H2,1-2H3,(H,18,20,23). The Labute approximate surface area is 153 Å². The summed E-state index contributed by atoms with van der Waals surface area (Å²) in [5.74, 6) is 0.612. The lowest BCUT2D eigenvalue weighted by molar-refractivity contribution is -0.120. The minimum atomic E-state index is -3.52. The third-order valence-electron chi connectivity index (χ3n) is 4.64. The van der Waals surface area contributed by atoms with Crippen molar-refractivity contribution in [3.63, 3.8) is 0 Å². The SMILES string of the molecule is Cc1ccc(NC(=O)C(CC2CCCC2)n2cnc(S(C)(=O)=O)n2)nc1. The number of rotatable bonds is 6. The van der Waals surface area contributed by atoms with Crippen molar-refractivity contribution in [2.45, 2.75) is 50.2 Å². The average molecular weight is 377 g/mol. The summed E-state index contributed by atoms with van der Waals surface area (Å²) < 4.78 is 24.7. The summed E-state index contributed by atoms with van der Waals surface area (Å²) in [7, 11) is -3.52. The Morgan fingerprint density at radius 3 is 2.62 bits per heavy atom. The van der Waals surface area contributed by atoms with E-state index >= 15 is 0 Å². The van der Waals surface area contributed by atoms with Gasteiger partial charge in [-0.2, -0.15) is 0 Å². The molecular formula is C17H23N5O3S. The number of amides is 1. The molecule has 2 aromatic heterocycles. The van der Waals surface area contributed by atoms with E-state index in [1.807, 2.05) is 13.0 Å². The Morgan fingerprint density at radius 2 is 2.04 bits per heavy atom. The van der Waals surface area contributed by atoms with Crippen LogP contribution < -0.4 is 5.32 Å². The van der Waals surface area contributed by atoms with Crippen LogP contribution in [-0.2, 0) is 14.6 Å². The van der Waals surface area contributed by atoms with Gasteiger partial charge in [0.15, 0.2) is 0 Å². The molecular weight excluding hydrogens is 354 g/mol. The van der Waals surface area contributed by atoms with E-state index in [2.05, 4.69) is 20.4 Å². The van der Waals surface area contributed by atoms with Crippen molar-refractivity contribution >= 4 is 21.6 Å². The average Bonchev–Trinajstić information content (AvgIpc) is 3.25. The number of anilines is 1. The van der Waals surface area contributed by atoms with Gasteiger partial charge < -0.3 is 5.32 Å². The van der Waals surface area contributed by atoms with E-state index in [0.717, 1.165) is 37.5 Å². The molecule has 9 heteroatoms. The molecule has 1 N–H and O–H groups in total. The lowest BCUT2D eigenvalue weighted by Crippen LogP contribution is -2.28. The second-order valence-electron chi connectivity index (χ2n) is 6.89. The molecule has 0 spiro atoms. The van der Waals surface area contributed by atoms with Gasteiger partial charge in [-0.3, -0.25) is 4.79 Å². The number of aromatic nitrogens is 4. The zero-order valence-electron chi connectivity index (χ0n) is 14.9. The molecule has 1 saturated carbocycles. The van der Waals surface area contributed by atoms with Crippen molar-refractivity contribution in [3.8, 4) is 0 Å². The predicted octanol–water partition coefficient (Wildman–Crippen LogP) is 2.15. The number of hydrogen-bond acceptors (Lipinski definition) is 6. The molecule has 3 rings (SSSR count). The summed E-state index contributed by atoms with van der Waals surface area (Å²) >= 11 is 0. The second kappa shape index (κ2) is 7.53. The molecule has 2 heterocycles. The van der Waals surface area contributed by atoms with E-state index in [0.29, 0.717) is 18.2 Å². The van der Waals surface area contributed by atoms with E-state index in [1.165, 1.54) is 11.0 Å². The van der Waals surface area contributed by atoms with Gasteiger partial charge in [0.1, 0.15) is 18.2 Å². The lowest BCUT2D eigenvalue weighted by atomic mass is 9.98. The quantitative estimate of drug-likeness (QED) is 0.826. The highest BCUT2D eigenvalue weighted by atomic mass is 32.2. The first kappa shape index (κ1) is 18.5. The Morgan fingerprint density at radius 1 is 1.31 bits per heavy atom. The summed E-state index contributed by atoms with van der Waals surface area (Å²) in [6, 6.07) is 2.98. The highest BCUT2D eigenvalue weighted by molar-refractivity contribution is 7.90. The Kier molecular flexibility index (Phi) is 5.36. The van der Waals surface area contributed by atoms with Crippen LogP contribution in [0.4, 0.5) is 5.82 Å². The molecule has 0 bridgehead atoms. The van der Waals surface area contributed by atoms with Gasteiger partial charge in [-0.05, 0) is 30.9 Å². The van der Waals surface area contributed by atoms with Crippen LogP contribution in [0.1, 0.15) is 43.7 Å². The van der Waals surface area contributed by atoms with Gasteiger partial charge in [0.25, 0.3) is 5.16 Å². The van der Waals surface area contributed by atoms with Gasteiger partial charge in [-0.1, -0.05) is 31.7 Å². The van der Waals surface area contributed by atoms with Crippen LogP contribution in [0.3, 0.4) is 0 Å². The molecule has 1 amide bonds. The fourth-order valence-corrected chi connectivity index (χ4v) is 3.71. The third kappa shape index (κ3) is 4.46. The van der Waals surface area contributed by atoms with Gasteiger partial charge in [0.05, 0.1) is 0 Å². The van der Waals surface area contributed by atoms with Crippen LogP contribution >= 0.6 is 0 Å². The van der Waals surface area contributed by atoms with Crippen molar-refractivity contribution in [2.75, 3.05) is 11.6 Å². The number of carbonyl (C=O) groups is 1. The number of nitrogens with zero attached hydrogens (tertiary/aromatic N) is 4. The largest absolute Gasteiger partial charge is 0.309 e. The zero-order chi connectivity index (χ0) is 18.7. The summed E-state index contributed by atoms with van der Waals surface area (Å²) in [4.78, 5) is 20.9. The second-order valence-corrected chi connectivity index (χ2v) is 8.80. The van der Waals surface area contributed by atoms with Crippen LogP contribution in [0.2, 0.25) is 0 Å². The summed E-state index contributed by atoms with van der Waals surface area (Å²) in [5, 5.41) is 6.57. The first-order chi connectivity index (χ1) is 12.3. The molecule has 8 nitrogen and oxygen atoms in total. The zero-order valence-corrected chi connectivity index (χ0v) is 15.7. The van der Waals surface area contributed by atoms with Crippen molar-refractivity contribution in [3.05, 3.63) is 30.2 Å². The van der Waals surface area contributed by atoms with Gasteiger partial charge in [0, 0.05) is 12.5 Å². The van der Waals surface area contributed by atoms with Crippen LogP contribution in [0.15, 0.2) is 29.8 Å². The van der Waals surface area contributed by atoms with Crippen LogP contribution in [-0.4, -0.2) is 40.3 Å². The fraction of sp³-hybridized carbons (Fsp3) is 0.529. The van der Waals surface area contributed by atoms with Crippen molar-refractivity contribution < 1.29 is 13.2 Å². The summed E-state index contributed by atoms with van der Waals surface area (Å²) in [6.45, 7) is 1.92. The monoisotopic (exact) mass is 377 g/mol. The topological polar surface area (TPSA) is 107 Å². The highest BCUT2D eigenvalue weighted by Gasteiger charge is 2.29. The highest BCUT2D eigenvalue weighted by Crippen LogP contribution is 2.32. The molecule has 1 atom stereocenters. The minimum Gasteiger partial charge on any atom is -0.309 e. The molecule has 0 aromatic carbocycles. The van der Waals surface area contributed by atoms with Gasteiger partial charge >= 0.3 is 0 Å². The maximum Gasteiger partial charge on any atom is 0.266 e. The number of hydrogen-bond donors (Lipinski definition) is 1. The Bertz CT molecular complexity index is 870. The van der Waals surface area contributed by atoms with Gasteiger partial charge in [-0.15, -0.1) is 5.10 Å². The minimum absolute atomic E-state index is 0.266. The van der Waals surface area contributed by atoms with Crippen molar-refractivity contribution in [1.82, 2.24) is 19.7 Å². The molecule has 0 saturated heterocycles. The smallest absolute Gasteiger partial charge is 0.266 e. The maximum absolute atomic E-state index is 12.9. The van der Waals surface area contributed by atoms with Gasteiger partial charge in [0.2, 0.25) is 15.7 Å². The summed E-state index contributed by atoms with van der Waals surface area (Å²) in [6.07, 6.45) is 9.10. The molecule has 140 valence electrons. The van der Waals surface area contributed by atoms with Gasteiger partial charge in [-0.25, -0.2) is 23.1 Å². The Hall–Kier alpha value is -2.29. The lowest BCUT2D eigenvalue weighted by Gasteiger charge is -2.20. The molecule has 1 fully saturated rings. The normalized spacial score (nSPS) is 16.5. The number of nitrogens with one attached hydrogen (secondary N) is 1. The number of carbonyl (C=O) groups excluding carboxylic acids is 1. The van der Waals surface area contributed by atoms with E-state index in [9.17, 15) is 13.2 Å². The Balaban J connectivity index is 1.83. The molecule has 26 heavy (non-hydrogen) atoms. The molecule has 0 radical (unpaired) electrons.